The van der Waals surface area contributed by atoms with E-state index in [1.807, 2.05) is 18.0 Å². The third-order valence-corrected chi connectivity index (χ3v) is 4.59. The van der Waals surface area contributed by atoms with Crippen molar-refractivity contribution in [1.29, 1.82) is 0 Å². The number of carbonyl (C=O) groups is 1. The molecular formula is C10H9BrN2O2S2. The Balaban J connectivity index is 2.08. The number of hydrogen-bond donors (Lipinski definition) is 1. The van der Waals surface area contributed by atoms with Gasteiger partial charge in [-0.05, 0) is 32.9 Å². The van der Waals surface area contributed by atoms with Gasteiger partial charge in [-0.2, -0.15) is 0 Å². The van der Waals surface area contributed by atoms with Crippen LogP contribution in [0.1, 0.15) is 16.1 Å². The summed E-state index contributed by atoms with van der Waals surface area (Å²) >= 11 is 6.38. The van der Waals surface area contributed by atoms with Gasteiger partial charge in [-0.15, -0.1) is 22.7 Å². The number of aromatic carboxylic acids is 1. The number of aromatic nitrogens is 1. The highest BCUT2D eigenvalue weighted by Crippen LogP contribution is 2.25. The molecule has 0 fully saturated rings. The Morgan fingerprint density at radius 1 is 1.53 bits per heavy atom. The molecule has 2 rings (SSSR count). The summed E-state index contributed by atoms with van der Waals surface area (Å²) in [5.74, 6) is -0.987. The molecule has 1 N–H and O–H groups in total. The Hall–Kier alpha value is -0.920. The second-order valence-corrected chi connectivity index (χ2v) is 6.56. The van der Waals surface area contributed by atoms with Gasteiger partial charge in [0.05, 0.1) is 3.79 Å². The average molecular weight is 333 g/mol. The molecule has 17 heavy (non-hydrogen) atoms. The van der Waals surface area contributed by atoms with Crippen molar-refractivity contribution < 1.29 is 9.90 Å². The second-order valence-electron chi connectivity index (χ2n) is 3.44. The Morgan fingerprint density at radius 3 is 2.82 bits per heavy atom. The molecule has 0 spiro atoms. The number of hydrogen-bond acceptors (Lipinski definition) is 5. The van der Waals surface area contributed by atoms with E-state index < -0.39 is 5.97 Å². The fourth-order valence-electron chi connectivity index (χ4n) is 1.31. The number of halogens is 1. The van der Waals surface area contributed by atoms with Gasteiger partial charge in [0.2, 0.25) is 0 Å². The van der Waals surface area contributed by atoms with Crippen LogP contribution in [0, 0.1) is 0 Å². The normalized spacial score (nSPS) is 10.5. The lowest BCUT2D eigenvalue weighted by Gasteiger charge is -2.14. The first-order chi connectivity index (χ1) is 8.06. The third kappa shape index (κ3) is 3.05. The van der Waals surface area contributed by atoms with E-state index in [9.17, 15) is 4.79 Å². The van der Waals surface area contributed by atoms with Crippen LogP contribution in [-0.2, 0) is 6.54 Å². The fourth-order valence-corrected chi connectivity index (χ4v) is 3.27. The number of carboxylic acids is 1. The van der Waals surface area contributed by atoms with Crippen molar-refractivity contribution in [2.24, 2.45) is 0 Å². The third-order valence-electron chi connectivity index (χ3n) is 2.08. The molecule has 0 aliphatic heterocycles. The second kappa shape index (κ2) is 5.16. The van der Waals surface area contributed by atoms with Gasteiger partial charge >= 0.3 is 5.97 Å². The molecule has 2 heterocycles. The smallest absolute Gasteiger partial charge is 0.355 e. The van der Waals surface area contributed by atoms with Gasteiger partial charge < -0.3 is 10.0 Å². The van der Waals surface area contributed by atoms with Crippen LogP contribution in [0.2, 0.25) is 0 Å². The molecule has 7 heteroatoms. The molecule has 0 saturated carbocycles. The molecule has 0 unspecified atom stereocenters. The maximum atomic E-state index is 10.7. The molecule has 4 nitrogen and oxygen atoms in total. The first-order valence-corrected chi connectivity index (χ1v) is 7.24. The molecule has 0 aliphatic rings. The van der Waals surface area contributed by atoms with Crippen LogP contribution in [-0.4, -0.2) is 23.1 Å². The molecule has 2 aromatic rings. The maximum absolute atomic E-state index is 10.7. The van der Waals surface area contributed by atoms with Crippen molar-refractivity contribution in [3.05, 3.63) is 31.9 Å². The molecule has 90 valence electrons. The van der Waals surface area contributed by atoms with Crippen LogP contribution in [0.3, 0.4) is 0 Å². The van der Waals surface area contributed by atoms with Crippen LogP contribution in [0.5, 0.6) is 0 Å². The van der Waals surface area contributed by atoms with Crippen molar-refractivity contribution in [3.8, 4) is 0 Å². The average Bonchev–Trinajstić information content (AvgIpc) is 2.86. The number of thiophene rings is 1. The van der Waals surface area contributed by atoms with E-state index in [0.29, 0.717) is 11.7 Å². The summed E-state index contributed by atoms with van der Waals surface area (Å²) in [4.78, 5) is 16.7. The van der Waals surface area contributed by atoms with E-state index in [4.69, 9.17) is 5.11 Å². The topological polar surface area (TPSA) is 53.4 Å². The number of thiazole rings is 1. The van der Waals surface area contributed by atoms with Crippen LogP contribution in [0.15, 0.2) is 20.6 Å². The summed E-state index contributed by atoms with van der Waals surface area (Å²) < 4.78 is 1.09. The van der Waals surface area contributed by atoms with Crippen molar-refractivity contribution in [2.75, 3.05) is 11.9 Å². The summed E-state index contributed by atoms with van der Waals surface area (Å²) in [5, 5.41) is 13.1. The lowest BCUT2D eigenvalue weighted by atomic mass is 10.3. The predicted octanol–water partition coefficient (Wildman–Crippen LogP) is 3.30. The molecule has 0 aromatic carbocycles. The van der Waals surface area contributed by atoms with Gasteiger partial charge in [0, 0.05) is 19.0 Å². The SMILES string of the molecule is CN(Cc1csc(Br)c1)c1nc(C(=O)O)cs1. The number of carboxylic acid groups (broad SMARTS) is 1. The zero-order chi connectivity index (χ0) is 12.4. The summed E-state index contributed by atoms with van der Waals surface area (Å²) in [6, 6.07) is 2.05. The van der Waals surface area contributed by atoms with E-state index >= 15 is 0 Å². The van der Waals surface area contributed by atoms with Crippen LogP contribution in [0.4, 0.5) is 5.13 Å². The summed E-state index contributed by atoms with van der Waals surface area (Å²) in [7, 11) is 1.90. The van der Waals surface area contributed by atoms with E-state index in [2.05, 4.69) is 26.3 Å². The lowest BCUT2D eigenvalue weighted by molar-refractivity contribution is 0.0691. The number of rotatable bonds is 4. The standard InChI is InChI=1S/C10H9BrN2O2S2/c1-13(3-6-2-8(11)16-4-6)10-12-7(5-17-10)9(14)15/h2,4-5H,3H2,1H3,(H,14,15). The van der Waals surface area contributed by atoms with Gasteiger partial charge in [-0.1, -0.05) is 0 Å². The van der Waals surface area contributed by atoms with Gasteiger partial charge in [-0.3, -0.25) is 0 Å². The Morgan fingerprint density at radius 2 is 2.29 bits per heavy atom. The minimum atomic E-state index is -0.987. The minimum absolute atomic E-state index is 0.100. The molecule has 0 aliphatic carbocycles. The fraction of sp³-hybridized carbons (Fsp3) is 0.200. The van der Waals surface area contributed by atoms with E-state index in [0.717, 1.165) is 3.79 Å². The highest BCUT2D eigenvalue weighted by atomic mass is 79.9. The minimum Gasteiger partial charge on any atom is -0.476 e. The van der Waals surface area contributed by atoms with Gasteiger partial charge in [0.1, 0.15) is 0 Å². The van der Waals surface area contributed by atoms with Crippen molar-refractivity contribution in [2.45, 2.75) is 6.54 Å². The van der Waals surface area contributed by atoms with Crippen molar-refractivity contribution >= 4 is 49.7 Å². The zero-order valence-electron chi connectivity index (χ0n) is 8.88. The maximum Gasteiger partial charge on any atom is 0.355 e. The Labute approximate surface area is 115 Å². The molecular weight excluding hydrogens is 324 g/mol. The molecule has 2 aromatic heterocycles. The van der Waals surface area contributed by atoms with Crippen molar-refractivity contribution in [3.63, 3.8) is 0 Å². The highest BCUT2D eigenvalue weighted by molar-refractivity contribution is 9.11. The van der Waals surface area contributed by atoms with Crippen molar-refractivity contribution in [1.82, 2.24) is 4.98 Å². The Kier molecular flexibility index (Phi) is 3.80. The molecule has 0 radical (unpaired) electrons. The quantitative estimate of drug-likeness (QED) is 0.933. The van der Waals surface area contributed by atoms with Gasteiger partial charge in [0.15, 0.2) is 10.8 Å². The van der Waals surface area contributed by atoms with Gasteiger partial charge in [-0.25, -0.2) is 9.78 Å². The predicted molar refractivity (Wildman–Crippen MR) is 73.2 cm³/mol. The van der Waals surface area contributed by atoms with E-state index in [1.54, 1.807) is 16.7 Å². The summed E-state index contributed by atoms with van der Waals surface area (Å²) in [5.41, 5.74) is 1.28. The monoisotopic (exact) mass is 332 g/mol. The van der Waals surface area contributed by atoms with Gasteiger partial charge in [0.25, 0.3) is 0 Å². The van der Waals surface area contributed by atoms with Crippen LogP contribution < -0.4 is 4.90 Å². The summed E-state index contributed by atoms with van der Waals surface area (Å²) in [6.45, 7) is 0.717. The van der Waals surface area contributed by atoms with E-state index in [-0.39, 0.29) is 5.69 Å². The highest BCUT2D eigenvalue weighted by Gasteiger charge is 2.12. The summed E-state index contributed by atoms with van der Waals surface area (Å²) in [6.07, 6.45) is 0. The zero-order valence-corrected chi connectivity index (χ0v) is 12.1. The number of anilines is 1. The molecule has 0 atom stereocenters. The van der Waals surface area contributed by atoms with E-state index in [1.165, 1.54) is 16.9 Å². The van der Waals surface area contributed by atoms with Crippen LogP contribution in [0.25, 0.3) is 0 Å². The van der Waals surface area contributed by atoms with Crippen LogP contribution >= 0.6 is 38.6 Å². The molecule has 0 amide bonds. The Bertz CT molecular complexity index is 538. The largest absolute Gasteiger partial charge is 0.476 e. The molecule has 0 saturated heterocycles. The first kappa shape index (κ1) is 12.5. The number of nitrogens with zero attached hydrogens (tertiary/aromatic N) is 2. The first-order valence-electron chi connectivity index (χ1n) is 4.69. The molecule has 0 bridgehead atoms. The lowest BCUT2D eigenvalue weighted by Crippen LogP contribution is -2.15.